The molecule has 0 spiro atoms. The number of piperidine rings is 1. The van der Waals surface area contributed by atoms with Gasteiger partial charge in [-0.3, -0.25) is 0 Å². The molecule has 1 aliphatic rings. The molecule has 1 atom stereocenters. The summed E-state index contributed by atoms with van der Waals surface area (Å²) in [5.41, 5.74) is 6.10. The van der Waals surface area contributed by atoms with Crippen molar-refractivity contribution in [2.24, 2.45) is 5.92 Å². The van der Waals surface area contributed by atoms with E-state index in [1.165, 1.54) is 4.31 Å². The normalized spacial score (nSPS) is 19.6. The lowest BCUT2D eigenvalue weighted by Gasteiger charge is -2.32. The Hall–Kier alpha value is -0.150. The largest absolute Gasteiger partial charge is 0.398 e. The maximum atomic E-state index is 12.8. The molecule has 1 heterocycles. The first-order chi connectivity index (χ1) is 9.73. The molecule has 0 saturated carbocycles. The van der Waals surface area contributed by atoms with E-state index in [4.69, 9.17) is 5.73 Å². The van der Waals surface area contributed by atoms with Crippen LogP contribution in [0.4, 0.5) is 5.69 Å². The molecule has 1 aromatic carbocycles. The molecule has 1 aliphatic heterocycles. The fourth-order valence-electron chi connectivity index (χ4n) is 2.58. The average molecular weight is 442 g/mol. The fourth-order valence-corrected chi connectivity index (χ4v) is 6.06. The summed E-state index contributed by atoms with van der Waals surface area (Å²) in [6.07, 6.45) is 0.912. The predicted molar refractivity (Wildman–Crippen MR) is 89.4 cm³/mol. The Kier molecular flexibility index (Phi) is 5.36. The molecule has 118 valence electrons. The van der Waals surface area contributed by atoms with Crippen molar-refractivity contribution in [2.75, 3.05) is 18.8 Å². The number of aliphatic hydroxyl groups excluding tert-OH is 1. The van der Waals surface area contributed by atoms with Crippen LogP contribution in [0, 0.1) is 5.92 Å². The molecule has 1 unspecified atom stereocenters. The number of hydrogen-bond acceptors (Lipinski definition) is 4. The molecule has 1 saturated heterocycles. The minimum absolute atomic E-state index is 0.112. The van der Waals surface area contributed by atoms with Gasteiger partial charge in [0.1, 0.15) is 4.90 Å². The van der Waals surface area contributed by atoms with Gasteiger partial charge in [0.2, 0.25) is 10.0 Å². The van der Waals surface area contributed by atoms with Crippen molar-refractivity contribution in [3.8, 4) is 0 Å². The smallest absolute Gasteiger partial charge is 0.246 e. The minimum atomic E-state index is -3.63. The van der Waals surface area contributed by atoms with Gasteiger partial charge in [-0.1, -0.05) is 15.9 Å². The second-order valence-corrected chi connectivity index (χ2v) is 8.93. The minimum Gasteiger partial charge on any atom is -0.398 e. The van der Waals surface area contributed by atoms with Crippen LogP contribution < -0.4 is 5.73 Å². The molecule has 0 aliphatic carbocycles. The molecule has 3 N–H and O–H groups in total. The van der Waals surface area contributed by atoms with Gasteiger partial charge in [0.05, 0.1) is 11.8 Å². The highest BCUT2D eigenvalue weighted by Gasteiger charge is 2.33. The topological polar surface area (TPSA) is 83.6 Å². The van der Waals surface area contributed by atoms with Gasteiger partial charge in [-0.2, -0.15) is 4.31 Å². The molecule has 8 heteroatoms. The number of nitrogens with zero attached hydrogens (tertiary/aromatic N) is 1. The van der Waals surface area contributed by atoms with E-state index in [2.05, 4.69) is 31.9 Å². The summed E-state index contributed by atoms with van der Waals surface area (Å²) < 4.78 is 28.1. The SMILES string of the molecule is CC(O)C1CCN(S(=O)(=O)c2c(N)cc(Br)cc2Br)CC1. The maximum Gasteiger partial charge on any atom is 0.246 e. The van der Waals surface area contributed by atoms with Crippen molar-refractivity contribution < 1.29 is 13.5 Å². The molecule has 5 nitrogen and oxygen atoms in total. The number of nitrogen functional groups attached to an aromatic ring is 1. The number of benzene rings is 1. The number of sulfonamides is 1. The Labute approximate surface area is 141 Å². The van der Waals surface area contributed by atoms with Crippen LogP contribution in [0.1, 0.15) is 19.8 Å². The zero-order valence-electron chi connectivity index (χ0n) is 11.6. The lowest BCUT2D eigenvalue weighted by Crippen LogP contribution is -2.41. The van der Waals surface area contributed by atoms with Crippen LogP contribution in [-0.2, 0) is 10.0 Å². The van der Waals surface area contributed by atoms with Crippen LogP contribution in [0.25, 0.3) is 0 Å². The third-order valence-electron chi connectivity index (χ3n) is 3.82. The summed E-state index contributed by atoms with van der Waals surface area (Å²) in [7, 11) is -3.63. The van der Waals surface area contributed by atoms with E-state index in [0.717, 1.165) is 4.47 Å². The Morgan fingerprint density at radius 1 is 1.33 bits per heavy atom. The predicted octanol–water partition coefficient (Wildman–Crippen LogP) is 2.58. The van der Waals surface area contributed by atoms with Crippen molar-refractivity contribution in [3.05, 3.63) is 21.1 Å². The second kappa shape index (κ2) is 6.54. The van der Waals surface area contributed by atoms with Gasteiger partial charge in [0, 0.05) is 22.0 Å². The third-order valence-corrected chi connectivity index (χ3v) is 7.18. The highest BCUT2D eigenvalue weighted by atomic mass is 79.9. The molecule has 1 fully saturated rings. The Morgan fingerprint density at radius 3 is 2.38 bits per heavy atom. The first-order valence-corrected chi connectivity index (χ1v) is 9.69. The summed E-state index contributed by atoms with van der Waals surface area (Å²) in [5, 5.41) is 9.60. The van der Waals surface area contributed by atoms with Crippen molar-refractivity contribution in [1.29, 1.82) is 0 Å². The number of aliphatic hydroxyl groups is 1. The van der Waals surface area contributed by atoms with Gasteiger partial charge in [-0.25, -0.2) is 8.42 Å². The summed E-state index contributed by atoms with van der Waals surface area (Å²) in [6.45, 7) is 2.55. The first kappa shape index (κ1) is 17.2. The molecule has 0 radical (unpaired) electrons. The highest BCUT2D eigenvalue weighted by Crippen LogP contribution is 2.35. The number of halogens is 2. The van der Waals surface area contributed by atoms with Gasteiger partial charge in [0.25, 0.3) is 0 Å². The highest BCUT2D eigenvalue weighted by molar-refractivity contribution is 9.11. The van der Waals surface area contributed by atoms with Crippen LogP contribution in [0.2, 0.25) is 0 Å². The molecular weight excluding hydrogens is 424 g/mol. The van der Waals surface area contributed by atoms with E-state index in [-0.39, 0.29) is 16.5 Å². The van der Waals surface area contributed by atoms with Crippen LogP contribution in [0.15, 0.2) is 26.0 Å². The van der Waals surface area contributed by atoms with E-state index in [1.807, 2.05) is 0 Å². The summed E-state index contributed by atoms with van der Waals surface area (Å²) >= 11 is 6.57. The standard InChI is InChI=1S/C13H18Br2N2O3S/c1-8(18)9-2-4-17(5-3-9)21(19,20)13-11(15)6-10(14)7-12(13)16/h6-9,18H,2-5,16H2,1H3. The zero-order valence-corrected chi connectivity index (χ0v) is 15.6. The molecule has 21 heavy (non-hydrogen) atoms. The summed E-state index contributed by atoms with van der Waals surface area (Å²) in [5.74, 6) is 0.155. The van der Waals surface area contributed by atoms with Crippen molar-refractivity contribution >= 4 is 47.6 Å². The van der Waals surface area contributed by atoms with E-state index in [1.54, 1.807) is 19.1 Å². The van der Waals surface area contributed by atoms with Gasteiger partial charge in [-0.05, 0) is 53.7 Å². The van der Waals surface area contributed by atoms with Crippen LogP contribution in [-0.4, -0.2) is 37.0 Å². The van der Waals surface area contributed by atoms with Gasteiger partial charge < -0.3 is 10.8 Å². The Morgan fingerprint density at radius 2 is 1.90 bits per heavy atom. The number of rotatable bonds is 3. The lowest BCUT2D eigenvalue weighted by molar-refractivity contribution is 0.0912. The fraction of sp³-hybridized carbons (Fsp3) is 0.538. The molecular formula is C13H18Br2N2O3S. The second-order valence-electron chi connectivity index (χ2n) is 5.29. The zero-order chi connectivity index (χ0) is 15.8. The lowest BCUT2D eigenvalue weighted by atomic mass is 9.93. The van der Waals surface area contributed by atoms with E-state index >= 15 is 0 Å². The van der Waals surface area contributed by atoms with Crippen LogP contribution >= 0.6 is 31.9 Å². The Balaban J connectivity index is 2.28. The number of nitrogens with two attached hydrogens (primary N) is 1. The van der Waals surface area contributed by atoms with E-state index < -0.39 is 16.1 Å². The van der Waals surface area contributed by atoms with Gasteiger partial charge in [-0.15, -0.1) is 0 Å². The van der Waals surface area contributed by atoms with Crippen molar-refractivity contribution in [3.63, 3.8) is 0 Å². The molecule has 2 rings (SSSR count). The molecule has 0 bridgehead atoms. The van der Waals surface area contributed by atoms with E-state index in [0.29, 0.717) is 30.4 Å². The summed E-state index contributed by atoms with van der Waals surface area (Å²) in [6, 6.07) is 3.26. The maximum absolute atomic E-state index is 12.8. The molecule has 0 amide bonds. The molecule has 0 aromatic heterocycles. The van der Waals surface area contributed by atoms with Gasteiger partial charge >= 0.3 is 0 Å². The third kappa shape index (κ3) is 3.61. The van der Waals surface area contributed by atoms with Crippen molar-refractivity contribution in [2.45, 2.75) is 30.8 Å². The summed E-state index contributed by atoms with van der Waals surface area (Å²) in [4.78, 5) is 0.112. The van der Waals surface area contributed by atoms with Crippen molar-refractivity contribution in [1.82, 2.24) is 4.31 Å². The Bertz CT molecular complexity index is 603. The average Bonchev–Trinajstić information content (AvgIpc) is 2.37. The molecule has 1 aromatic rings. The number of anilines is 1. The van der Waals surface area contributed by atoms with E-state index in [9.17, 15) is 13.5 Å². The monoisotopic (exact) mass is 440 g/mol. The number of hydrogen-bond donors (Lipinski definition) is 2. The first-order valence-electron chi connectivity index (χ1n) is 6.66. The van der Waals surface area contributed by atoms with Crippen LogP contribution in [0.5, 0.6) is 0 Å². The quantitative estimate of drug-likeness (QED) is 0.706. The van der Waals surface area contributed by atoms with Crippen LogP contribution in [0.3, 0.4) is 0 Å². The van der Waals surface area contributed by atoms with Gasteiger partial charge in [0.15, 0.2) is 0 Å².